The second-order valence-corrected chi connectivity index (χ2v) is 8.60. The highest BCUT2D eigenvalue weighted by atomic mass is 16.2. The van der Waals surface area contributed by atoms with Gasteiger partial charge in [-0.15, -0.1) is 0 Å². The van der Waals surface area contributed by atoms with Crippen molar-refractivity contribution in [2.24, 2.45) is 11.8 Å². The Morgan fingerprint density at radius 1 is 1.15 bits per heavy atom. The summed E-state index contributed by atoms with van der Waals surface area (Å²) in [5.74, 6) is 1.36. The second-order valence-electron chi connectivity index (χ2n) is 8.60. The van der Waals surface area contributed by atoms with Crippen molar-refractivity contribution in [1.29, 1.82) is 0 Å². The van der Waals surface area contributed by atoms with E-state index in [1.165, 1.54) is 31.2 Å². The zero-order valence-corrected chi connectivity index (χ0v) is 15.8. The molecule has 27 heavy (non-hydrogen) atoms. The molecular formula is C22H28N4O. The number of hydrogen-bond acceptors (Lipinski definition) is 3. The third-order valence-corrected chi connectivity index (χ3v) is 6.86. The highest BCUT2D eigenvalue weighted by Crippen LogP contribution is 2.40. The van der Waals surface area contributed by atoms with Gasteiger partial charge in [-0.1, -0.05) is 36.8 Å². The molecule has 3 aliphatic rings. The zero-order chi connectivity index (χ0) is 18.2. The minimum absolute atomic E-state index is 0.142. The van der Waals surface area contributed by atoms with Crippen LogP contribution in [-0.2, 0) is 6.42 Å². The molecule has 1 aromatic carbocycles. The molecule has 3 saturated heterocycles. The topological polar surface area (TPSA) is 52.2 Å². The molecule has 2 aromatic rings. The monoisotopic (exact) mass is 364 g/mol. The first-order valence-electron chi connectivity index (χ1n) is 10.4. The number of aromatic nitrogens is 2. The van der Waals surface area contributed by atoms with Crippen LogP contribution in [0.3, 0.4) is 0 Å². The SMILES string of the molecule is O=C(c1cn[nH]c1)N1C[C@@H]2C[C@H](C1)[C@@H]1CCC[C@H](Cc3ccccc3)N1C2. The summed E-state index contributed by atoms with van der Waals surface area (Å²) in [5.41, 5.74) is 2.15. The van der Waals surface area contributed by atoms with E-state index >= 15 is 0 Å². The Morgan fingerprint density at radius 3 is 2.85 bits per heavy atom. The number of aromatic amines is 1. The number of fused-ring (bicyclic) bond motifs is 4. The van der Waals surface area contributed by atoms with E-state index in [1.54, 1.807) is 12.4 Å². The minimum atomic E-state index is 0.142. The molecule has 4 heterocycles. The maximum atomic E-state index is 12.8. The number of carbonyl (C=O) groups is 1. The van der Waals surface area contributed by atoms with Gasteiger partial charge in [0.15, 0.2) is 0 Å². The summed E-state index contributed by atoms with van der Waals surface area (Å²) < 4.78 is 0. The number of carbonyl (C=O) groups excluding carboxylic acids is 1. The highest BCUT2D eigenvalue weighted by Gasteiger charge is 2.45. The predicted molar refractivity (Wildman–Crippen MR) is 104 cm³/mol. The normalized spacial score (nSPS) is 30.7. The first-order valence-corrected chi connectivity index (χ1v) is 10.4. The average molecular weight is 364 g/mol. The van der Waals surface area contributed by atoms with Crippen LogP contribution in [0.4, 0.5) is 0 Å². The van der Waals surface area contributed by atoms with E-state index in [0.29, 0.717) is 29.5 Å². The molecule has 5 heteroatoms. The predicted octanol–water partition coefficient (Wildman–Crippen LogP) is 2.97. The largest absolute Gasteiger partial charge is 0.338 e. The molecule has 3 aliphatic heterocycles. The molecule has 1 amide bonds. The fraction of sp³-hybridized carbons (Fsp3) is 0.545. The van der Waals surface area contributed by atoms with E-state index in [4.69, 9.17) is 0 Å². The van der Waals surface area contributed by atoms with Gasteiger partial charge in [-0.3, -0.25) is 14.8 Å². The molecule has 0 aliphatic carbocycles. The third kappa shape index (κ3) is 3.29. The molecule has 142 valence electrons. The van der Waals surface area contributed by atoms with Crippen LogP contribution in [0, 0.1) is 11.8 Å². The van der Waals surface area contributed by atoms with Crippen molar-refractivity contribution in [3.8, 4) is 0 Å². The van der Waals surface area contributed by atoms with E-state index < -0.39 is 0 Å². The molecule has 4 atom stereocenters. The molecule has 0 spiro atoms. The lowest BCUT2D eigenvalue weighted by molar-refractivity contribution is -0.0498. The lowest BCUT2D eigenvalue weighted by Crippen LogP contribution is -2.62. The number of benzene rings is 1. The van der Waals surface area contributed by atoms with Gasteiger partial charge in [0.25, 0.3) is 5.91 Å². The van der Waals surface area contributed by atoms with Gasteiger partial charge in [0.2, 0.25) is 0 Å². The van der Waals surface area contributed by atoms with E-state index in [0.717, 1.165) is 26.1 Å². The van der Waals surface area contributed by atoms with Crippen LogP contribution in [0.5, 0.6) is 0 Å². The van der Waals surface area contributed by atoms with Crippen molar-refractivity contribution in [2.45, 2.75) is 44.2 Å². The first-order chi connectivity index (χ1) is 13.3. The van der Waals surface area contributed by atoms with Crippen LogP contribution >= 0.6 is 0 Å². The summed E-state index contributed by atoms with van der Waals surface area (Å²) in [4.78, 5) is 17.7. The van der Waals surface area contributed by atoms with Crippen LogP contribution < -0.4 is 0 Å². The summed E-state index contributed by atoms with van der Waals surface area (Å²) in [6, 6.07) is 12.2. The van der Waals surface area contributed by atoms with Gasteiger partial charge < -0.3 is 4.90 Å². The number of hydrogen-bond donors (Lipinski definition) is 1. The molecule has 0 radical (unpaired) electrons. The number of rotatable bonds is 3. The van der Waals surface area contributed by atoms with Gasteiger partial charge in [0.05, 0.1) is 11.8 Å². The van der Waals surface area contributed by atoms with Crippen LogP contribution in [0.25, 0.3) is 0 Å². The van der Waals surface area contributed by atoms with E-state index in [1.807, 2.05) is 0 Å². The number of nitrogens with one attached hydrogen (secondary N) is 1. The van der Waals surface area contributed by atoms with Crippen LogP contribution in [0.1, 0.15) is 41.6 Å². The number of nitrogens with zero attached hydrogens (tertiary/aromatic N) is 3. The van der Waals surface area contributed by atoms with Gasteiger partial charge in [-0.25, -0.2) is 0 Å². The van der Waals surface area contributed by atoms with Crippen molar-refractivity contribution in [1.82, 2.24) is 20.0 Å². The van der Waals surface area contributed by atoms with Crippen LogP contribution in [0.2, 0.25) is 0 Å². The number of piperidine rings is 3. The van der Waals surface area contributed by atoms with Crippen molar-refractivity contribution in [3.05, 3.63) is 53.9 Å². The Bertz CT molecular complexity index is 775. The summed E-state index contributed by atoms with van der Waals surface area (Å²) in [6.07, 6.45) is 9.72. The number of H-pyrrole nitrogens is 1. The van der Waals surface area contributed by atoms with Gasteiger partial charge in [0.1, 0.15) is 0 Å². The van der Waals surface area contributed by atoms with E-state index in [9.17, 15) is 4.79 Å². The summed E-state index contributed by atoms with van der Waals surface area (Å²) in [6.45, 7) is 2.94. The summed E-state index contributed by atoms with van der Waals surface area (Å²) in [5, 5.41) is 6.71. The van der Waals surface area contributed by atoms with Crippen LogP contribution in [0.15, 0.2) is 42.7 Å². The molecule has 5 rings (SSSR count). The summed E-state index contributed by atoms with van der Waals surface area (Å²) in [7, 11) is 0. The minimum Gasteiger partial charge on any atom is -0.338 e. The van der Waals surface area contributed by atoms with Gasteiger partial charge in [0, 0.05) is 37.9 Å². The Hall–Kier alpha value is -2.14. The molecule has 1 N–H and O–H groups in total. The van der Waals surface area contributed by atoms with Gasteiger partial charge >= 0.3 is 0 Å². The molecule has 5 nitrogen and oxygen atoms in total. The van der Waals surface area contributed by atoms with Crippen molar-refractivity contribution >= 4 is 5.91 Å². The van der Waals surface area contributed by atoms with E-state index in [2.05, 4.69) is 50.3 Å². The third-order valence-electron chi connectivity index (χ3n) is 6.86. The Morgan fingerprint density at radius 2 is 2.04 bits per heavy atom. The molecule has 3 fully saturated rings. The van der Waals surface area contributed by atoms with Crippen molar-refractivity contribution in [2.75, 3.05) is 19.6 Å². The maximum absolute atomic E-state index is 12.8. The summed E-state index contributed by atoms with van der Waals surface area (Å²) >= 11 is 0. The molecule has 0 saturated carbocycles. The average Bonchev–Trinajstić information content (AvgIpc) is 3.23. The smallest absolute Gasteiger partial charge is 0.257 e. The molecule has 2 bridgehead atoms. The zero-order valence-electron chi connectivity index (χ0n) is 15.8. The standard InChI is InChI=1S/C22H28N4O/c27-22(19-11-23-24-12-19)25-13-17-9-18(15-25)21-8-4-7-20(26(21)14-17)10-16-5-2-1-3-6-16/h1-3,5-6,11-12,17-18,20-21H,4,7-10,13-15H2,(H,23,24)/t17-,18+,20+,21-/m0/s1. The Kier molecular flexibility index (Phi) is 4.48. The molecule has 1 aromatic heterocycles. The maximum Gasteiger partial charge on any atom is 0.257 e. The van der Waals surface area contributed by atoms with E-state index in [-0.39, 0.29) is 5.91 Å². The van der Waals surface area contributed by atoms with Crippen LogP contribution in [-0.4, -0.2) is 57.6 Å². The lowest BCUT2D eigenvalue weighted by Gasteiger charge is -2.55. The number of likely N-dealkylation sites (tertiary alicyclic amines) is 1. The highest BCUT2D eigenvalue weighted by molar-refractivity contribution is 5.93. The second kappa shape index (κ2) is 7.12. The molecular weight excluding hydrogens is 336 g/mol. The van der Waals surface area contributed by atoms with Gasteiger partial charge in [-0.2, -0.15) is 5.10 Å². The fourth-order valence-corrected chi connectivity index (χ4v) is 5.73. The van der Waals surface area contributed by atoms with Crippen molar-refractivity contribution in [3.63, 3.8) is 0 Å². The van der Waals surface area contributed by atoms with Crippen molar-refractivity contribution < 1.29 is 4.79 Å². The Balaban J connectivity index is 1.31. The Labute approximate surface area is 160 Å². The molecule has 0 unspecified atom stereocenters. The quantitative estimate of drug-likeness (QED) is 0.911. The number of amides is 1. The first kappa shape index (κ1) is 17.0. The van der Waals surface area contributed by atoms with Gasteiger partial charge in [-0.05, 0) is 43.1 Å². The fourth-order valence-electron chi connectivity index (χ4n) is 5.73. The lowest BCUT2D eigenvalue weighted by atomic mass is 9.74.